The summed E-state index contributed by atoms with van der Waals surface area (Å²) < 4.78 is 10.0. The second kappa shape index (κ2) is 8.62. The molecule has 144 valence electrons. The molecule has 0 spiro atoms. The molecule has 0 amide bonds. The SMILES string of the molecule is COc1ccc(C(=O)COC(=O)Cn2nnc(-c3ccc(C)cc3)n2)cc1Cl. The minimum Gasteiger partial charge on any atom is -0.495 e. The molecular weight excluding hydrogens is 384 g/mol. The highest BCUT2D eigenvalue weighted by Gasteiger charge is 2.14. The lowest BCUT2D eigenvalue weighted by atomic mass is 10.1. The van der Waals surface area contributed by atoms with Gasteiger partial charge in [0.15, 0.2) is 18.9 Å². The van der Waals surface area contributed by atoms with Crippen LogP contribution in [-0.4, -0.2) is 45.7 Å². The highest BCUT2D eigenvalue weighted by molar-refractivity contribution is 6.32. The second-order valence-electron chi connectivity index (χ2n) is 5.94. The summed E-state index contributed by atoms with van der Waals surface area (Å²) in [6.07, 6.45) is 0. The number of esters is 1. The van der Waals surface area contributed by atoms with Crippen molar-refractivity contribution in [2.75, 3.05) is 13.7 Å². The molecule has 2 aromatic carbocycles. The van der Waals surface area contributed by atoms with E-state index >= 15 is 0 Å². The number of aromatic nitrogens is 4. The number of rotatable bonds is 7. The zero-order valence-corrected chi connectivity index (χ0v) is 16.0. The highest BCUT2D eigenvalue weighted by atomic mass is 35.5. The van der Waals surface area contributed by atoms with Crippen LogP contribution in [0.5, 0.6) is 5.75 Å². The van der Waals surface area contributed by atoms with Crippen LogP contribution < -0.4 is 4.74 Å². The van der Waals surface area contributed by atoms with Crippen LogP contribution in [0.4, 0.5) is 0 Å². The zero-order valence-electron chi connectivity index (χ0n) is 15.3. The molecule has 0 saturated heterocycles. The van der Waals surface area contributed by atoms with Gasteiger partial charge in [-0.2, -0.15) is 4.80 Å². The molecule has 0 aliphatic heterocycles. The van der Waals surface area contributed by atoms with Gasteiger partial charge in [-0.15, -0.1) is 10.2 Å². The van der Waals surface area contributed by atoms with Gasteiger partial charge in [0.1, 0.15) is 5.75 Å². The van der Waals surface area contributed by atoms with E-state index < -0.39 is 12.6 Å². The average molecular weight is 401 g/mol. The van der Waals surface area contributed by atoms with Crippen LogP contribution in [0.1, 0.15) is 15.9 Å². The summed E-state index contributed by atoms with van der Waals surface area (Å²) in [6, 6.07) is 12.2. The van der Waals surface area contributed by atoms with Crippen molar-refractivity contribution in [1.82, 2.24) is 20.2 Å². The Morgan fingerprint density at radius 3 is 2.57 bits per heavy atom. The first kappa shape index (κ1) is 19.5. The van der Waals surface area contributed by atoms with Gasteiger partial charge in [0.25, 0.3) is 0 Å². The molecule has 0 aliphatic carbocycles. The molecule has 28 heavy (non-hydrogen) atoms. The van der Waals surface area contributed by atoms with E-state index in [0.717, 1.165) is 15.9 Å². The van der Waals surface area contributed by atoms with Crippen molar-refractivity contribution >= 4 is 23.4 Å². The van der Waals surface area contributed by atoms with Crippen LogP contribution in [0, 0.1) is 6.92 Å². The number of tetrazole rings is 1. The van der Waals surface area contributed by atoms with Crippen molar-refractivity contribution in [3.05, 3.63) is 58.6 Å². The number of halogens is 1. The number of methoxy groups -OCH3 is 1. The Kier molecular flexibility index (Phi) is 6.00. The molecule has 0 unspecified atom stereocenters. The molecule has 0 bridgehead atoms. The molecule has 1 aromatic heterocycles. The molecule has 9 heteroatoms. The van der Waals surface area contributed by atoms with Gasteiger partial charge in [-0.05, 0) is 30.3 Å². The maximum absolute atomic E-state index is 12.1. The molecule has 0 atom stereocenters. The molecule has 0 N–H and O–H groups in total. The Morgan fingerprint density at radius 2 is 1.89 bits per heavy atom. The summed E-state index contributed by atoms with van der Waals surface area (Å²) in [5.74, 6) is -0.181. The van der Waals surface area contributed by atoms with E-state index in [4.69, 9.17) is 21.1 Å². The second-order valence-corrected chi connectivity index (χ2v) is 6.35. The van der Waals surface area contributed by atoms with Crippen LogP contribution in [0.25, 0.3) is 11.4 Å². The minimum absolute atomic E-state index is 0.254. The van der Waals surface area contributed by atoms with E-state index in [1.54, 1.807) is 12.1 Å². The van der Waals surface area contributed by atoms with Gasteiger partial charge in [0.2, 0.25) is 5.82 Å². The van der Waals surface area contributed by atoms with Gasteiger partial charge in [-0.3, -0.25) is 4.79 Å². The summed E-state index contributed by atoms with van der Waals surface area (Å²) >= 11 is 5.99. The Bertz CT molecular complexity index is 1000. The maximum atomic E-state index is 12.1. The number of Topliss-reactive ketones (excluding diaryl/α,β-unsaturated/α-hetero) is 1. The molecule has 3 aromatic rings. The summed E-state index contributed by atoms with van der Waals surface area (Å²) in [5, 5.41) is 12.2. The fraction of sp³-hybridized carbons (Fsp3) is 0.211. The van der Waals surface area contributed by atoms with Gasteiger partial charge in [0.05, 0.1) is 12.1 Å². The molecular formula is C19H17ClN4O4. The zero-order chi connectivity index (χ0) is 20.1. The lowest BCUT2D eigenvalue weighted by Crippen LogP contribution is -2.19. The van der Waals surface area contributed by atoms with Gasteiger partial charge in [0, 0.05) is 11.1 Å². The van der Waals surface area contributed by atoms with Crippen molar-refractivity contribution in [2.45, 2.75) is 13.5 Å². The summed E-state index contributed by atoms with van der Waals surface area (Å²) in [6.45, 7) is 1.31. The minimum atomic E-state index is -0.652. The van der Waals surface area contributed by atoms with Gasteiger partial charge in [-0.1, -0.05) is 41.4 Å². The van der Waals surface area contributed by atoms with Crippen LogP contribution in [0.3, 0.4) is 0 Å². The number of carbonyl (C=O) groups excluding carboxylic acids is 2. The lowest BCUT2D eigenvalue weighted by molar-refractivity contribution is -0.143. The van der Waals surface area contributed by atoms with Crippen molar-refractivity contribution in [3.63, 3.8) is 0 Å². The normalized spacial score (nSPS) is 10.5. The van der Waals surface area contributed by atoms with Crippen LogP contribution in [0.2, 0.25) is 5.02 Å². The standard InChI is InChI=1S/C19H17ClN4O4/c1-12-3-5-13(6-4-12)19-21-23-24(22-19)10-18(26)28-11-16(25)14-7-8-17(27-2)15(20)9-14/h3-9H,10-11H2,1-2H3. The molecule has 8 nitrogen and oxygen atoms in total. The van der Waals surface area contributed by atoms with Crippen LogP contribution >= 0.6 is 11.6 Å². The molecule has 0 aliphatic rings. The van der Waals surface area contributed by atoms with Crippen molar-refractivity contribution in [1.29, 1.82) is 0 Å². The molecule has 0 saturated carbocycles. The summed E-state index contributed by atoms with van der Waals surface area (Å²) in [5.41, 5.74) is 2.22. The third-order valence-electron chi connectivity index (χ3n) is 3.87. The van der Waals surface area contributed by atoms with E-state index in [-0.39, 0.29) is 12.3 Å². The monoisotopic (exact) mass is 400 g/mol. The van der Waals surface area contributed by atoms with Crippen LogP contribution in [0.15, 0.2) is 42.5 Å². The van der Waals surface area contributed by atoms with Gasteiger partial charge >= 0.3 is 5.97 Å². The van der Waals surface area contributed by atoms with E-state index in [1.807, 2.05) is 31.2 Å². The molecule has 3 rings (SSSR count). The Balaban J connectivity index is 1.55. The first-order valence-electron chi connectivity index (χ1n) is 8.33. The smallest absolute Gasteiger partial charge is 0.330 e. The van der Waals surface area contributed by atoms with Gasteiger partial charge in [-0.25, -0.2) is 4.79 Å². The summed E-state index contributed by atoms with van der Waals surface area (Å²) in [4.78, 5) is 25.2. The van der Waals surface area contributed by atoms with E-state index in [0.29, 0.717) is 22.2 Å². The number of aryl methyl sites for hydroxylation is 1. The van der Waals surface area contributed by atoms with E-state index in [9.17, 15) is 9.59 Å². The van der Waals surface area contributed by atoms with E-state index in [1.165, 1.54) is 13.2 Å². The van der Waals surface area contributed by atoms with Crippen molar-refractivity contribution in [2.24, 2.45) is 0 Å². The van der Waals surface area contributed by atoms with Crippen molar-refractivity contribution < 1.29 is 19.1 Å². The number of hydrogen-bond acceptors (Lipinski definition) is 7. The first-order valence-corrected chi connectivity index (χ1v) is 8.71. The third-order valence-corrected chi connectivity index (χ3v) is 4.17. The molecule has 0 fully saturated rings. The van der Waals surface area contributed by atoms with E-state index in [2.05, 4.69) is 15.4 Å². The number of ether oxygens (including phenoxy) is 2. The number of benzene rings is 2. The number of nitrogens with zero attached hydrogens (tertiary/aromatic N) is 4. The van der Waals surface area contributed by atoms with Crippen LogP contribution in [-0.2, 0) is 16.1 Å². The number of hydrogen-bond donors (Lipinski definition) is 0. The lowest BCUT2D eigenvalue weighted by Gasteiger charge is -2.06. The Hall–Kier alpha value is -3.26. The predicted octanol–water partition coefficient (Wildman–Crippen LogP) is 2.74. The Labute approximate surface area is 166 Å². The van der Waals surface area contributed by atoms with Gasteiger partial charge < -0.3 is 9.47 Å². The number of carbonyl (C=O) groups is 2. The fourth-order valence-electron chi connectivity index (χ4n) is 2.36. The number of ketones is 1. The Morgan fingerprint density at radius 1 is 1.14 bits per heavy atom. The quantitative estimate of drug-likeness (QED) is 0.444. The highest BCUT2D eigenvalue weighted by Crippen LogP contribution is 2.25. The molecule has 1 heterocycles. The third kappa shape index (κ3) is 4.72. The topological polar surface area (TPSA) is 96.2 Å². The van der Waals surface area contributed by atoms with Crippen molar-refractivity contribution in [3.8, 4) is 17.1 Å². The molecule has 0 radical (unpaired) electrons. The summed E-state index contributed by atoms with van der Waals surface area (Å²) in [7, 11) is 1.48. The predicted molar refractivity (Wildman–Crippen MR) is 101 cm³/mol. The average Bonchev–Trinajstić information content (AvgIpc) is 3.15. The largest absolute Gasteiger partial charge is 0.495 e. The first-order chi connectivity index (χ1) is 13.5. The fourth-order valence-corrected chi connectivity index (χ4v) is 2.62. The maximum Gasteiger partial charge on any atom is 0.330 e.